The smallest absolute Gasteiger partial charge is 0.323 e. The van der Waals surface area contributed by atoms with E-state index in [0.717, 1.165) is 0 Å². The Kier molecular flexibility index (Phi) is 6.81. The van der Waals surface area contributed by atoms with Crippen molar-refractivity contribution in [2.24, 2.45) is 5.73 Å². The van der Waals surface area contributed by atoms with Gasteiger partial charge in [-0.25, -0.2) is 0 Å². The van der Waals surface area contributed by atoms with Crippen LogP contribution in [0.5, 0.6) is 0 Å². The lowest BCUT2D eigenvalue weighted by molar-refractivity contribution is 0.218. The molecule has 108 valence electrons. The Hall–Kier alpha value is -0.0900. The lowest BCUT2D eigenvalue weighted by atomic mass is 10.1. The minimum Gasteiger partial charge on any atom is -0.323 e. The summed E-state index contributed by atoms with van der Waals surface area (Å²) < 4.78 is 22.8. The molecule has 0 saturated carbocycles. The molecular weight excluding hydrogens is 308 g/mol. The van der Waals surface area contributed by atoms with Crippen molar-refractivity contribution < 1.29 is 13.6 Å². The zero-order valence-electron chi connectivity index (χ0n) is 10.9. The van der Waals surface area contributed by atoms with Gasteiger partial charge in [0.05, 0.1) is 19.4 Å². The molecule has 1 rings (SSSR count). The molecule has 1 aromatic rings. The van der Waals surface area contributed by atoms with Crippen LogP contribution < -0.4 is 5.73 Å². The molecule has 2 N–H and O–H groups in total. The minimum atomic E-state index is -3.19. The first-order valence-electron chi connectivity index (χ1n) is 6.00. The highest BCUT2D eigenvalue weighted by molar-refractivity contribution is 7.53. The molecule has 0 radical (unpaired) electrons. The van der Waals surface area contributed by atoms with Crippen molar-refractivity contribution in [3.63, 3.8) is 0 Å². The van der Waals surface area contributed by atoms with Crippen LogP contribution in [-0.2, 0) is 13.6 Å². The molecule has 0 aliphatic rings. The topological polar surface area (TPSA) is 61.5 Å². The number of nitrogens with two attached hydrogens (primary N) is 1. The molecule has 0 bridgehead atoms. The summed E-state index contributed by atoms with van der Waals surface area (Å²) in [7, 11) is -3.19. The predicted molar refractivity (Wildman–Crippen MR) is 79.1 cm³/mol. The van der Waals surface area contributed by atoms with Crippen LogP contribution in [0.25, 0.3) is 0 Å². The van der Waals surface area contributed by atoms with Gasteiger partial charge in [-0.2, -0.15) is 0 Å². The highest BCUT2D eigenvalue weighted by Crippen LogP contribution is 2.50. The van der Waals surface area contributed by atoms with E-state index in [1.165, 1.54) is 0 Å². The molecule has 0 amide bonds. The summed E-state index contributed by atoms with van der Waals surface area (Å²) in [5.41, 5.74) is 6.70. The van der Waals surface area contributed by atoms with Gasteiger partial charge >= 0.3 is 7.60 Å². The van der Waals surface area contributed by atoms with Crippen molar-refractivity contribution in [1.29, 1.82) is 0 Å². The maximum atomic E-state index is 12.4. The van der Waals surface area contributed by atoms with Crippen LogP contribution in [0, 0.1) is 0 Å². The Labute approximate surface area is 123 Å². The third-order valence-electron chi connectivity index (χ3n) is 2.43. The lowest BCUT2D eigenvalue weighted by Crippen LogP contribution is -2.17. The molecule has 0 fully saturated rings. The van der Waals surface area contributed by atoms with Crippen LogP contribution in [0.2, 0.25) is 10.0 Å². The molecule has 0 unspecified atom stereocenters. The fourth-order valence-electron chi connectivity index (χ4n) is 1.68. The molecule has 19 heavy (non-hydrogen) atoms. The summed E-state index contributed by atoms with van der Waals surface area (Å²) in [6.07, 6.45) is 0.0794. The highest BCUT2D eigenvalue weighted by Gasteiger charge is 2.28. The molecule has 0 saturated heterocycles. The summed E-state index contributed by atoms with van der Waals surface area (Å²) in [4.78, 5) is 0. The number of halogens is 2. The van der Waals surface area contributed by atoms with E-state index in [-0.39, 0.29) is 6.16 Å². The van der Waals surface area contributed by atoms with E-state index in [1.807, 2.05) is 0 Å². The third-order valence-corrected chi connectivity index (χ3v) is 5.14. The van der Waals surface area contributed by atoms with Gasteiger partial charge in [0.15, 0.2) is 0 Å². The zero-order chi connectivity index (χ0) is 14.5. The van der Waals surface area contributed by atoms with Gasteiger partial charge in [-0.1, -0.05) is 29.3 Å². The van der Waals surface area contributed by atoms with Crippen molar-refractivity contribution in [1.82, 2.24) is 0 Å². The Bertz CT molecular complexity index is 460. The Morgan fingerprint density at radius 3 is 2.32 bits per heavy atom. The zero-order valence-corrected chi connectivity index (χ0v) is 13.3. The van der Waals surface area contributed by atoms with E-state index >= 15 is 0 Å². The molecule has 7 heteroatoms. The van der Waals surface area contributed by atoms with Crippen LogP contribution in [0.15, 0.2) is 18.2 Å². The average molecular weight is 326 g/mol. The van der Waals surface area contributed by atoms with Crippen molar-refractivity contribution >= 4 is 30.8 Å². The Morgan fingerprint density at radius 2 is 1.84 bits per heavy atom. The first kappa shape index (κ1) is 17.0. The second-order valence-electron chi connectivity index (χ2n) is 3.90. The predicted octanol–water partition coefficient (Wildman–Crippen LogP) is 4.26. The van der Waals surface area contributed by atoms with Crippen LogP contribution >= 0.6 is 30.8 Å². The minimum absolute atomic E-state index is 0.0794. The van der Waals surface area contributed by atoms with Gasteiger partial charge < -0.3 is 14.8 Å². The molecule has 1 atom stereocenters. The van der Waals surface area contributed by atoms with E-state index in [4.69, 9.17) is 38.0 Å². The molecular formula is C12H18Cl2NO3P. The van der Waals surface area contributed by atoms with Gasteiger partial charge in [-0.3, -0.25) is 4.57 Å². The quantitative estimate of drug-likeness (QED) is 0.761. The fraction of sp³-hybridized carbons (Fsp3) is 0.500. The van der Waals surface area contributed by atoms with Crippen molar-refractivity contribution in [3.8, 4) is 0 Å². The van der Waals surface area contributed by atoms with E-state index in [2.05, 4.69) is 0 Å². The monoisotopic (exact) mass is 325 g/mol. The summed E-state index contributed by atoms with van der Waals surface area (Å²) in [5.74, 6) is 0. The van der Waals surface area contributed by atoms with E-state index in [0.29, 0.717) is 28.8 Å². The molecule has 0 aliphatic heterocycles. The number of rotatable bonds is 7. The molecule has 0 aliphatic carbocycles. The Balaban J connectivity index is 2.87. The molecule has 1 aromatic carbocycles. The van der Waals surface area contributed by atoms with Crippen molar-refractivity contribution in [2.75, 3.05) is 19.4 Å². The third kappa shape index (κ3) is 5.07. The van der Waals surface area contributed by atoms with Gasteiger partial charge in [0.1, 0.15) is 0 Å². The maximum absolute atomic E-state index is 12.4. The standard InChI is InChI=1S/C12H18Cl2NO3P/c1-3-17-19(16,18-4-2)8-12(15)10-6-5-9(13)7-11(10)14/h5-7,12H,3-4,8,15H2,1-2H3/t12-/m0/s1. The number of benzene rings is 1. The van der Waals surface area contributed by atoms with Gasteiger partial charge in [-0.05, 0) is 31.5 Å². The van der Waals surface area contributed by atoms with Crippen molar-refractivity contribution in [3.05, 3.63) is 33.8 Å². The van der Waals surface area contributed by atoms with Crippen molar-refractivity contribution in [2.45, 2.75) is 19.9 Å². The van der Waals surface area contributed by atoms with Gasteiger partial charge in [0.25, 0.3) is 0 Å². The molecule has 0 heterocycles. The number of hydrogen-bond donors (Lipinski definition) is 1. The van der Waals surface area contributed by atoms with E-state index < -0.39 is 13.6 Å². The van der Waals surface area contributed by atoms with E-state index in [1.54, 1.807) is 32.0 Å². The summed E-state index contributed by atoms with van der Waals surface area (Å²) in [6.45, 7) is 4.12. The largest absolute Gasteiger partial charge is 0.332 e. The first-order valence-corrected chi connectivity index (χ1v) is 8.49. The summed E-state index contributed by atoms with van der Waals surface area (Å²) in [6, 6.07) is 4.48. The lowest BCUT2D eigenvalue weighted by Gasteiger charge is -2.21. The number of hydrogen-bond acceptors (Lipinski definition) is 4. The second-order valence-corrected chi connectivity index (χ2v) is 6.85. The second kappa shape index (κ2) is 7.63. The van der Waals surface area contributed by atoms with Crippen LogP contribution in [0.1, 0.15) is 25.5 Å². The molecule has 0 aromatic heterocycles. The van der Waals surface area contributed by atoms with Crippen LogP contribution in [0.4, 0.5) is 0 Å². The van der Waals surface area contributed by atoms with Crippen LogP contribution in [-0.4, -0.2) is 19.4 Å². The van der Waals surface area contributed by atoms with Crippen LogP contribution in [0.3, 0.4) is 0 Å². The average Bonchev–Trinajstić information content (AvgIpc) is 2.28. The fourth-order valence-corrected chi connectivity index (χ4v) is 3.98. The first-order chi connectivity index (χ1) is 8.91. The van der Waals surface area contributed by atoms with Gasteiger partial charge in [0.2, 0.25) is 0 Å². The maximum Gasteiger partial charge on any atom is 0.332 e. The molecule has 0 spiro atoms. The van der Waals surface area contributed by atoms with Gasteiger partial charge in [0, 0.05) is 16.1 Å². The SMILES string of the molecule is CCOP(=O)(C[C@H](N)c1ccc(Cl)cc1Cl)OCC. The Morgan fingerprint density at radius 1 is 1.26 bits per heavy atom. The highest BCUT2D eigenvalue weighted by atomic mass is 35.5. The summed E-state index contributed by atoms with van der Waals surface area (Å²) >= 11 is 11.9. The van der Waals surface area contributed by atoms with Gasteiger partial charge in [-0.15, -0.1) is 0 Å². The summed E-state index contributed by atoms with van der Waals surface area (Å²) in [5, 5.41) is 0.971. The normalized spacial score (nSPS) is 13.5. The van der Waals surface area contributed by atoms with E-state index in [9.17, 15) is 4.57 Å². The molecule has 4 nitrogen and oxygen atoms in total.